The topological polar surface area (TPSA) is 32.3 Å². The summed E-state index contributed by atoms with van der Waals surface area (Å²) in [7, 11) is 0. The molecule has 0 radical (unpaired) electrons. The highest BCUT2D eigenvalue weighted by atomic mass is 79.9. The van der Waals surface area contributed by atoms with Crippen LogP contribution in [0.2, 0.25) is 0 Å². The van der Waals surface area contributed by atoms with Crippen molar-refractivity contribution >= 4 is 15.9 Å². The van der Waals surface area contributed by atoms with Crippen LogP contribution in [0, 0.1) is 0 Å². The second kappa shape index (κ2) is 6.73. The Bertz CT molecular complexity index is 554. The van der Waals surface area contributed by atoms with Crippen molar-refractivity contribution in [3.8, 4) is 5.75 Å². The molecule has 0 amide bonds. The number of hydrogen-bond acceptors (Lipinski definition) is 2. The van der Waals surface area contributed by atoms with E-state index < -0.39 is 0 Å². The lowest BCUT2D eigenvalue weighted by Crippen LogP contribution is -2.13. The molecule has 0 bridgehead atoms. The lowest BCUT2D eigenvalue weighted by atomic mass is 10.1. The zero-order valence-electron chi connectivity index (χ0n) is 11.0. The summed E-state index contributed by atoms with van der Waals surface area (Å²) >= 11 is 3.33. The number of halogens is 1. The first-order valence-electron chi connectivity index (χ1n) is 6.45. The van der Waals surface area contributed by atoms with E-state index in [0.29, 0.717) is 0 Å². The van der Waals surface area contributed by atoms with Gasteiger partial charge in [-0.25, -0.2) is 0 Å². The summed E-state index contributed by atoms with van der Waals surface area (Å²) in [5.41, 5.74) is 3.89. The summed E-state index contributed by atoms with van der Waals surface area (Å²) in [5, 5.41) is 12.9. The number of rotatable bonds is 5. The summed E-state index contributed by atoms with van der Waals surface area (Å²) in [4.78, 5) is 0. The Balaban J connectivity index is 1.94. The van der Waals surface area contributed by atoms with E-state index >= 15 is 0 Å². The summed E-state index contributed by atoms with van der Waals surface area (Å²) in [6.45, 7) is 3.83. The standard InChI is InChI=1S/C16H18BrNO/c1-2-13-5-3-4-6-14(13)11-18-10-12-7-8-16(19)15(17)9-12/h3-9,18-19H,2,10-11H2,1H3. The summed E-state index contributed by atoms with van der Waals surface area (Å²) < 4.78 is 0.737. The van der Waals surface area contributed by atoms with Gasteiger partial charge >= 0.3 is 0 Å². The van der Waals surface area contributed by atoms with Gasteiger partial charge in [0.2, 0.25) is 0 Å². The van der Waals surface area contributed by atoms with Gasteiger partial charge in [-0.3, -0.25) is 0 Å². The molecule has 0 spiro atoms. The molecule has 0 fully saturated rings. The summed E-state index contributed by atoms with van der Waals surface area (Å²) in [6, 6.07) is 14.1. The largest absolute Gasteiger partial charge is 0.507 e. The normalized spacial score (nSPS) is 10.6. The zero-order valence-corrected chi connectivity index (χ0v) is 12.6. The third-order valence-electron chi connectivity index (χ3n) is 3.16. The van der Waals surface area contributed by atoms with Crippen molar-refractivity contribution in [1.82, 2.24) is 5.32 Å². The van der Waals surface area contributed by atoms with E-state index in [-0.39, 0.29) is 5.75 Å². The smallest absolute Gasteiger partial charge is 0.129 e. The average Bonchev–Trinajstić information content (AvgIpc) is 2.43. The number of aromatic hydroxyl groups is 1. The Morgan fingerprint density at radius 1 is 1.05 bits per heavy atom. The second-order valence-corrected chi connectivity index (χ2v) is 5.37. The van der Waals surface area contributed by atoms with Gasteiger partial charge in [0, 0.05) is 13.1 Å². The number of nitrogens with one attached hydrogen (secondary N) is 1. The summed E-state index contributed by atoms with van der Waals surface area (Å²) in [5.74, 6) is 0.278. The van der Waals surface area contributed by atoms with E-state index in [4.69, 9.17) is 0 Å². The van der Waals surface area contributed by atoms with E-state index in [9.17, 15) is 5.11 Å². The van der Waals surface area contributed by atoms with Gasteiger partial charge in [0.25, 0.3) is 0 Å². The molecule has 2 aromatic carbocycles. The van der Waals surface area contributed by atoms with Gasteiger partial charge in [-0.15, -0.1) is 0 Å². The fourth-order valence-electron chi connectivity index (χ4n) is 2.08. The van der Waals surface area contributed by atoms with Crippen molar-refractivity contribution in [1.29, 1.82) is 0 Å². The molecule has 2 N–H and O–H groups in total. The monoisotopic (exact) mass is 319 g/mol. The van der Waals surface area contributed by atoms with Crippen LogP contribution in [0.4, 0.5) is 0 Å². The van der Waals surface area contributed by atoms with E-state index in [2.05, 4.69) is 52.4 Å². The molecular weight excluding hydrogens is 302 g/mol. The maximum Gasteiger partial charge on any atom is 0.129 e. The first-order chi connectivity index (χ1) is 9.20. The molecule has 19 heavy (non-hydrogen) atoms. The minimum atomic E-state index is 0.278. The van der Waals surface area contributed by atoms with E-state index in [1.165, 1.54) is 11.1 Å². The van der Waals surface area contributed by atoms with Crippen molar-refractivity contribution in [2.75, 3.05) is 0 Å². The lowest BCUT2D eigenvalue weighted by molar-refractivity contribution is 0.471. The second-order valence-electron chi connectivity index (χ2n) is 4.51. The highest BCUT2D eigenvalue weighted by molar-refractivity contribution is 9.10. The zero-order chi connectivity index (χ0) is 13.7. The van der Waals surface area contributed by atoms with E-state index in [1.807, 2.05) is 12.1 Å². The predicted molar refractivity (Wildman–Crippen MR) is 82.2 cm³/mol. The van der Waals surface area contributed by atoms with Crippen LogP contribution in [0.25, 0.3) is 0 Å². The van der Waals surface area contributed by atoms with Gasteiger partial charge < -0.3 is 10.4 Å². The Hall–Kier alpha value is -1.32. The fraction of sp³-hybridized carbons (Fsp3) is 0.250. The number of phenols is 1. The Morgan fingerprint density at radius 2 is 1.79 bits per heavy atom. The molecule has 2 rings (SSSR count). The molecule has 0 aliphatic rings. The molecule has 0 heterocycles. The summed E-state index contributed by atoms with van der Waals surface area (Å²) in [6.07, 6.45) is 1.06. The van der Waals surface area contributed by atoms with Gasteiger partial charge in [0.15, 0.2) is 0 Å². The predicted octanol–water partition coefficient (Wildman–Crippen LogP) is 4.01. The minimum absolute atomic E-state index is 0.278. The van der Waals surface area contributed by atoms with Gasteiger partial charge in [-0.05, 0) is 51.2 Å². The molecule has 0 unspecified atom stereocenters. The SMILES string of the molecule is CCc1ccccc1CNCc1ccc(O)c(Br)c1. The molecule has 0 aromatic heterocycles. The molecule has 0 aliphatic carbocycles. The molecule has 0 saturated heterocycles. The van der Waals surface area contributed by atoms with E-state index in [0.717, 1.165) is 29.5 Å². The van der Waals surface area contributed by atoms with Crippen molar-refractivity contribution in [2.45, 2.75) is 26.4 Å². The van der Waals surface area contributed by atoms with Crippen LogP contribution in [-0.2, 0) is 19.5 Å². The quantitative estimate of drug-likeness (QED) is 0.872. The number of aryl methyl sites for hydroxylation is 1. The highest BCUT2D eigenvalue weighted by Crippen LogP contribution is 2.24. The first-order valence-corrected chi connectivity index (χ1v) is 7.25. The van der Waals surface area contributed by atoms with Crippen molar-refractivity contribution in [3.63, 3.8) is 0 Å². The van der Waals surface area contributed by atoms with Crippen molar-refractivity contribution in [3.05, 3.63) is 63.6 Å². The Kier molecular flexibility index (Phi) is 5.00. The van der Waals surface area contributed by atoms with Crippen LogP contribution in [0.5, 0.6) is 5.75 Å². The Labute approximate surface area is 122 Å². The molecule has 3 heteroatoms. The fourth-order valence-corrected chi connectivity index (χ4v) is 2.50. The van der Waals surface area contributed by atoms with Crippen LogP contribution in [-0.4, -0.2) is 5.11 Å². The van der Waals surface area contributed by atoms with Crippen LogP contribution in [0.15, 0.2) is 46.9 Å². The molecule has 0 atom stereocenters. The van der Waals surface area contributed by atoms with Crippen LogP contribution in [0.1, 0.15) is 23.6 Å². The Morgan fingerprint density at radius 3 is 2.47 bits per heavy atom. The third-order valence-corrected chi connectivity index (χ3v) is 3.79. The van der Waals surface area contributed by atoms with E-state index in [1.54, 1.807) is 6.07 Å². The maximum absolute atomic E-state index is 9.45. The van der Waals surface area contributed by atoms with Gasteiger partial charge in [0.05, 0.1) is 4.47 Å². The molecule has 0 aliphatic heterocycles. The average molecular weight is 320 g/mol. The molecule has 0 saturated carbocycles. The van der Waals surface area contributed by atoms with Gasteiger partial charge in [0.1, 0.15) is 5.75 Å². The van der Waals surface area contributed by atoms with Crippen molar-refractivity contribution < 1.29 is 5.11 Å². The number of benzene rings is 2. The van der Waals surface area contributed by atoms with Crippen molar-refractivity contribution in [2.24, 2.45) is 0 Å². The minimum Gasteiger partial charge on any atom is -0.507 e. The lowest BCUT2D eigenvalue weighted by Gasteiger charge is -2.09. The molecule has 100 valence electrons. The molecular formula is C16H18BrNO. The van der Waals surface area contributed by atoms with Crippen LogP contribution in [0.3, 0.4) is 0 Å². The van der Waals surface area contributed by atoms with Crippen LogP contribution >= 0.6 is 15.9 Å². The van der Waals surface area contributed by atoms with Crippen LogP contribution < -0.4 is 5.32 Å². The first kappa shape index (κ1) is 14.1. The number of phenolic OH excluding ortho intramolecular Hbond substituents is 1. The molecule has 2 nitrogen and oxygen atoms in total. The maximum atomic E-state index is 9.45. The number of hydrogen-bond donors (Lipinski definition) is 2. The van der Waals surface area contributed by atoms with Gasteiger partial charge in [-0.2, -0.15) is 0 Å². The highest BCUT2D eigenvalue weighted by Gasteiger charge is 2.01. The van der Waals surface area contributed by atoms with Gasteiger partial charge in [-0.1, -0.05) is 37.3 Å². The molecule has 2 aromatic rings. The third kappa shape index (κ3) is 3.82.